The molecule has 0 fully saturated rings. The van der Waals surface area contributed by atoms with Crippen LogP contribution in [0.3, 0.4) is 0 Å². The van der Waals surface area contributed by atoms with Gasteiger partial charge >= 0.3 is 0 Å². The molecular formula is C17H11ClN4O3. The van der Waals surface area contributed by atoms with E-state index < -0.39 is 4.92 Å². The van der Waals surface area contributed by atoms with E-state index in [0.29, 0.717) is 22.2 Å². The summed E-state index contributed by atoms with van der Waals surface area (Å²) in [5, 5.41) is 16.7. The third kappa shape index (κ3) is 2.97. The number of halogens is 1. The molecule has 0 aliphatic rings. The molecule has 8 heteroatoms. The maximum atomic E-state index is 11.0. The second-order valence-electron chi connectivity index (χ2n) is 5.43. The third-order valence-electron chi connectivity index (χ3n) is 3.81. The highest BCUT2D eigenvalue weighted by Crippen LogP contribution is 2.24. The first-order valence-electron chi connectivity index (χ1n) is 7.41. The highest BCUT2D eigenvalue weighted by Gasteiger charge is 2.13. The van der Waals surface area contributed by atoms with Crippen LogP contribution in [0.5, 0.6) is 0 Å². The number of hydrogen-bond acceptors (Lipinski definition) is 5. The van der Waals surface area contributed by atoms with Crippen LogP contribution >= 0.6 is 11.6 Å². The molecule has 4 rings (SSSR count). The molecule has 4 aromatic rings. The van der Waals surface area contributed by atoms with Crippen LogP contribution in [0.25, 0.3) is 22.2 Å². The number of fused-ring (bicyclic) bond motifs is 1. The van der Waals surface area contributed by atoms with E-state index in [1.807, 2.05) is 12.1 Å². The van der Waals surface area contributed by atoms with Crippen molar-refractivity contribution < 1.29 is 9.34 Å². The van der Waals surface area contributed by atoms with E-state index in [2.05, 4.69) is 10.1 Å². The monoisotopic (exact) mass is 354 g/mol. The van der Waals surface area contributed by atoms with Crippen molar-refractivity contribution >= 4 is 28.2 Å². The maximum absolute atomic E-state index is 11.0. The number of oxazole rings is 1. The van der Waals surface area contributed by atoms with Gasteiger partial charge in [-0.1, -0.05) is 11.6 Å². The number of nitrogens with zero attached hydrogens (tertiary/aromatic N) is 4. The average Bonchev–Trinajstić information content (AvgIpc) is 3.23. The SMILES string of the molecule is O=[N+]([O-])c1ccc2cnn(Cc3ncc(-c4ccc(Cl)cc4)o3)c2c1. The molecule has 0 aliphatic carbocycles. The lowest BCUT2D eigenvalue weighted by molar-refractivity contribution is -0.384. The number of benzene rings is 2. The average molecular weight is 355 g/mol. The van der Waals surface area contributed by atoms with Crippen molar-refractivity contribution in [2.75, 3.05) is 0 Å². The molecule has 0 atom stereocenters. The van der Waals surface area contributed by atoms with Gasteiger partial charge in [-0.2, -0.15) is 5.10 Å². The number of nitro groups is 1. The van der Waals surface area contributed by atoms with Gasteiger partial charge in [0.2, 0.25) is 5.89 Å². The molecule has 2 aromatic heterocycles. The largest absolute Gasteiger partial charge is 0.439 e. The minimum absolute atomic E-state index is 0.0171. The van der Waals surface area contributed by atoms with Crippen LogP contribution < -0.4 is 0 Å². The van der Waals surface area contributed by atoms with Crippen molar-refractivity contribution in [2.45, 2.75) is 6.54 Å². The number of non-ortho nitro benzene ring substituents is 1. The lowest BCUT2D eigenvalue weighted by atomic mass is 10.2. The normalized spacial score (nSPS) is 11.1. The summed E-state index contributed by atoms with van der Waals surface area (Å²) >= 11 is 5.88. The van der Waals surface area contributed by atoms with Crippen molar-refractivity contribution in [1.29, 1.82) is 0 Å². The Bertz CT molecular complexity index is 1070. The van der Waals surface area contributed by atoms with E-state index in [4.69, 9.17) is 16.0 Å². The number of hydrogen-bond donors (Lipinski definition) is 0. The highest BCUT2D eigenvalue weighted by atomic mass is 35.5. The quantitative estimate of drug-likeness (QED) is 0.402. The molecular weight excluding hydrogens is 344 g/mol. The zero-order valence-electron chi connectivity index (χ0n) is 12.8. The maximum Gasteiger partial charge on any atom is 0.271 e. The molecule has 25 heavy (non-hydrogen) atoms. The van der Waals surface area contributed by atoms with Crippen molar-refractivity contribution in [3.8, 4) is 11.3 Å². The molecule has 0 amide bonds. The summed E-state index contributed by atoms with van der Waals surface area (Å²) in [6, 6.07) is 11.9. The Morgan fingerprint density at radius 3 is 2.72 bits per heavy atom. The highest BCUT2D eigenvalue weighted by molar-refractivity contribution is 6.30. The molecule has 2 aromatic carbocycles. The Labute approximate surface area is 146 Å². The molecule has 2 heterocycles. The van der Waals surface area contributed by atoms with Gasteiger partial charge < -0.3 is 4.42 Å². The van der Waals surface area contributed by atoms with Gasteiger partial charge in [-0.25, -0.2) is 4.98 Å². The second kappa shape index (κ2) is 6.03. The third-order valence-corrected chi connectivity index (χ3v) is 4.06. The molecule has 0 aliphatic heterocycles. The first-order valence-corrected chi connectivity index (χ1v) is 7.78. The fourth-order valence-electron chi connectivity index (χ4n) is 2.56. The summed E-state index contributed by atoms with van der Waals surface area (Å²) in [5.74, 6) is 1.08. The Morgan fingerprint density at radius 2 is 1.96 bits per heavy atom. The van der Waals surface area contributed by atoms with Crippen LogP contribution in [-0.4, -0.2) is 19.7 Å². The molecule has 0 spiro atoms. The van der Waals surface area contributed by atoms with Crippen LogP contribution in [-0.2, 0) is 6.54 Å². The van der Waals surface area contributed by atoms with Gasteiger partial charge in [0.1, 0.15) is 6.54 Å². The van der Waals surface area contributed by atoms with Gasteiger partial charge in [0, 0.05) is 28.1 Å². The van der Waals surface area contributed by atoms with Gasteiger partial charge in [-0.05, 0) is 30.3 Å². The van der Waals surface area contributed by atoms with E-state index in [-0.39, 0.29) is 12.2 Å². The number of nitro benzene ring substituents is 1. The van der Waals surface area contributed by atoms with Crippen molar-refractivity contribution in [3.63, 3.8) is 0 Å². The van der Waals surface area contributed by atoms with Crippen LogP contribution in [0, 0.1) is 10.1 Å². The predicted molar refractivity (Wildman–Crippen MR) is 92.4 cm³/mol. The van der Waals surface area contributed by atoms with Gasteiger partial charge in [-0.15, -0.1) is 0 Å². The first kappa shape index (κ1) is 15.3. The molecule has 0 bridgehead atoms. The lowest BCUT2D eigenvalue weighted by Gasteiger charge is -2.00. The summed E-state index contributed by atoms with van der Waals surface area (Å²) in [4.78, 5) is 14.8. The molecule has 7 nitrogen and oxygen atoms in total. The van der Waals surface area contributed by atoms with Crippen LogP contribution in [0.15, 0.2) is 59.3 Å². The van der Waals surface area contributed by atoms with Gasteiger partial charge in [0.15, 0.2) is 5.76 Å². The molecule has 124 valence electrons. The van der Waals surface area contributed by atoms with Crippen molar-refractivity contribution in [2.24, 2.45) is 0 Å². The van der Waals surface area contributed by atoms with Crippen LogP contribution in [0.4, 0.5) is 5.69 Å². The van der Waals surface area contributed by atoms with E-state index in [1.165, 1.54) is 12.1 Å². The topological polar surface area (TPSA) is 87.0 Å². The zero-order valence-corrected chi connectivity index (χ0v) is 13.6. The molecule has 0 radical (unpaired) electrons. The smallest absolute Gasteiger partial charge is 0.271 e. The second-order valence-corrected chi connectivity index (χ2v) is 5.86. The Hall–Kier alpha value is -3.19. The fourth-order valence-corrected chi connectivity index (χ4v) is 2.68. The van der Waals surface area contributed by atoms with Crippen molar-refractivity contribution in [3.05, 3.63) is 75.9 Å². The molecule has 0 unspecified atom stereocenters. The van der Waals surface area contributed by atoms with E-state index in [9.17, 15) is 10.1 Å². The summed E-state index contributed by atoms with van der Waals surface area (Å²) in [6.07, 6.45) is 3.29. The summed E-state index contributed by atoms with van der Waals surface area (Å²) in [5.41, 5.74) is 1.54. The van der Waals surface area contributed by atoms with E-state index in [0.717, 1.165) is 10.9 Å². The van der Waals surface area contributed by atoms with Gasteiger partial charge in [0.25, 0.3) is 5.69 Å². The minimum Gasteiger partial charge on any atom is -0.439 e. The first-order chi connectivity index (χ1) is 12.1. The van der Waals surface area contributed by atoms with Crippen LogP contribution in [0.1, 0.15) is 5.89 Å². The van der Waals surface area contributed by atoms with E-state index in [1.54, 1.807) is 35.3 Å². The number of aromatic nitrogens is 3. The zero-order chi connectivity index (χ0) is 17.4. The summed E-state index contributed by atoms with van der Waals surface area (Å²) < 4.78 is 7.39. The number of rotatable bonds is 4. The summed E-state index contributed by atoms with van der Waals surface area (Å²) in [6.45, 7) is 0.276. The Balaban J connectivity index is 1.64. The minimum atomic E-state index is -0.430. The van der Waals surface area contributed by atoms with Crippen molar-refractivity contribution in [1.82, 2.24) is 14.8 Å². The van der Waals surface area contributed by atoms with Crippen LogP contribution in [0.2, 0.25) is 5.02 Å². The molecule has 0 saturated heterocycles. The van der Waals surface area contributed by atoms with Gasteiger partial charge in [-0.3, -0.25) is 14.8 Å². The lowest BCUT2D eigenvalue weighted by Crippen LogP contribution is -2.01. The Morgan fingerprint density at radius 1 is 1.16 bits per heavy atom. The Kier molecular flexibility index (Phi) is 3.70. The van der Waals surface area contributed by atoms with Gasteiger partial charge in [0.05, 0.1) is 22.8 Å². The molecule has 0 N–H and O–H groups in total. The standard InChI is InChI=1S/C17H11ClN4O3/c18-13-4-1-11(2-5-13)16-9-19-17(25-16)10-21-15-7-14(22(23)24)6-3-12(15)8-20-21/h1-9H,10H2. The fraction of sp³-hybridized carbons (Fsp3) is 0.0588. The molecule has 0 saturated carbocycles. The predicted octanol–water partition coefficient (Wildman–Crippen LogP) is 4.30. The van der Waals surface area contributed by atoms with E-state index >= 15 is 0 Å². The summed E-state index contributed by atoms with van der Waals surface area (Å²) in [7, 11) is 0.